The first-order valence-corrected chi connectivity index (χ1v) is 8.72. The molecule has 1 atom stereocenters. The third-order valence-electron chi connectivity index (χ3n) is 4.04. The third-order valence-corrected chi connectivity index (χ3v) is 4.04. The lowest BCUT2D eigenvalue weighted by Crippen LogP contribution is -2.28. The van der Waals surface area contributed by atoms with E-state index < -0.39 is 0 Å². The van der Waals surface area contributed by atoms with Crippen molar-refractivity contribution in [3.8, 4) is 0 Å². The minimum atomic E-state index is -0.198. The molecule has 2 rings (SSSR count). The molecular weight excluding hydrogens is 312 g/mol. The van der Waals surface area contributed by atoms with Gasteiger partial charge in [-0.3, -0.25) is 9.59 Å². The molecule has 2 amide bonds. The van der Waals surface area contributed by atoms with E-state index >= 15 is 0 Å². The zero-order valence-corrected chi connectivity index (χ0v) is 15.1. The molecule has 0 saturated heterocycles. The summed E-state index contributed by atoms with van der Waals surface area (Å²) in [6, 6.07) is 16.8. The van der Waals surface area contributed by atoms with Gasteiger partial charge in [-0.1, -0.05) is 56.3 Å². The van der Waals surface area contributed by atoms with Crippen LogP contribution in [0.3, 0.4) is 0 Å². The van der Waals surface area contributed by atoms with Crippen LogP contribution in [0.4, 0.5) is 5.69 Å². The van der Waals surface area contributed by atoms with E-state index in [4.69, 9.17) is 0 Å². The van der Waals surface area contributed by atoms with Crippen LogP contribution in [0.2, 0.25) is 0 Å². The molecule has 2 N–H and O–H groups in total. The van der Waals surface area contributed by atoms with E-state index in [1.165, 1.54) is 0 Å². The Morgan fingerprint density at radius 3 is 2.24 bits per heavy atom. The molecule has 0 fully saturated rings. The highest BCUT2D eigenvalue weighted by Crippen LogP contribution is 2.18. The summed E-state index contributed by atoms with van der Waals surface area (Å²) in [5, 5.41) is 5.85. The molecular formula is C21H26N2O2. The molecule has 1 unspecified atom stereocenters. The topological polar surface area (TPSA) is 58.2 Å². The first-order chi connectivity index (χ1) is 12.0. The van der Waals surface area contributed by atoms with Crippen molar-refractivity contribution in [3.05, 3.63) is 65.7 Å². The fourth-order valence-electron chi connectivity index (χ4n) is 2.52. The molecule has 4 nitrogen and oxygen atoms in total. The van der Waals surface area contributed by atoms with E-state index in [0.29, 0.717) is 23.6 Å². The molecule has 0 aliphatic carbocycles. The van der Waals surface area contributed by atoms with Gasteiger partial charge in [-0.05, 0) is 37.0 Å². The van der Waals surface area contributed by atoms with Crippen LogP contribution >= 0.6 is 0 Å². The van der Waals surface area contributed by atoms with Gasteiger partial charge in [-0.15, -0.1) is 0 Å². The van der Waals surface area contributed by atoms with Crippen molar-refractivity contribution in [1.29, 1.82) is 0 Å². The second-order valence-electron chi connectivity index (χ2n) is 6.63. The summed E-state index contributed by atoms with van der Waals surface area (Å²) >= 11 is 0. The van der Waals surface area contributed by atoms with Gasteiger partial charge in [0, 0.05) is 6.42 Å². The Morgan fingerprint density at radius 1 is 0.920 bits per heavy atom. The number of carbonyl (C=O) groups is 2. The van der Waals surface area contributed by atoms with Crippen molar-refractivity contribution < 1.29 is 9.59 Å². The Hall–Kier alpha value is -2.62. The molecule has 0 aliphatic heterocycles. The minimum Gasteiger partial charge on any atom is -0.345 e. The Morgan fingerprint density at radius 2 is 1.56 bits per heavy atom. The van der Waals surface area contributed by atoms with E-state index in [9.17, 15) is 9.59 Å². The van der Waals surface area contributed by atoms with E-state index in [-0.39, 0.29) is 17.9 Å². The highest BCUT2D eigenvalue weighted by atomic mass is 16.2. The molecule has 132 valence electrons. The van der Waals surface area contributed by atoms with E-state index in [2.05, 4.69) is 24.5 Å². The number of amides is 2. The summed E-state index contributed by atoms with van der Waals surface area (Å²) < 4.78 is 0. The van der Waals surface area contributed by atoms with Gasteiger partial charge in [-0.25, -0.2) is 0 Å². The SMILES string of the molecule is CC(C)CCC(=O)Nc1ccccc1C(=O)NC(C)c1ccccc1. The monoisotopic (exact) mass is 338 g/mol. The van der Waals surface area contributed by atoms with Crippen LogP contribution < -0.4 is 10.6 Å². The van der Waals surface area contributed by atoms with Crippen LogP contribution in [0, 0.1) is 5.92 Å². The number of nitrogens with one attached hydrogen (secondary N) is 2. The molecule has 0 heterocycles. The summed E-state index contributed by atoms with van der Waals surface area (Å²) in [7, 11) is 0. The number of carbonyl (C=O) groups excluding carboxylic acids is 2. The van der Waals surface area contributed by atoms with Gasteiger partial charge in [0.25, 0.3) is 5.91 Å². The highest BCUT2D eigenvalue weighted by molar-refractivity contribution is 6.03. The number of benzene rings is 2. The summed E-state index contributed by atoms with van der Waals surface area (Å²) in [6.07, 6.45) is 1.28. The van der Waals surface area contributed by atoms with Gasteiger partial charge in [0.2, 0.25) is 5.91 Å². The van der Waals surface area contributed by atoms with Crippen LogP contribution in [0.15, 0.2) is 54.6 Å². The number of anilines is 1. The summed E-state index contributed by atoms with van der Waals surface area (Å²) in [5.41, 5.74) is 2.06. The minimum absolute atomic E-state index is 0.0648. The van der Waals surface area contributed by atoms with E-state index in [1.54, 1.807) is 18.2 Å². The lowest BCUT2D eigenvalue weighted by atomic mass is 10.1. The van der Waals surface area contributed by atoms with Crippen molar-refractivity contribution >= 4 is 17.5 Å². The van der Waals surface area contributed by atoms with Gasteiger partial charge in [0.1, 0.15) is 0 Å². The molecule has 25 heavy (non-hydrogen) atoms. The average Bonchev–Trinajstić information content (AvgIpc) is 2.61. The first-order valence-electron chi connectivity index (χ1n) is 8.72. The van der Waals surface area contributed by atoms with Crippen molar-refractivity contribution in [2.75, 3.05) is 5.32 Å². The van der Waals surface area contributed by atoms with Crippen molar-refractivity contribution in [2.24, 2.45) is 5.92 Å². The predicted molar refractivity (Wildman–Crippen MR) is 101 cm³/mol. The molecule has 4 heteroatoms. The fourth-order valence-corrected chi connectivity index (χ4v) is 2.52. The Bertz CT molecular complexity index is 711. The Labute approximate surface area is 149 Å². The van der Waals surface area contributed by atoms with Crippen LogP contribution in [-0.4, -0.2) is 11.8 Å². The standard InChI is InChI=1S/C21H26N2O2/c1-15(2)13-14-20(24)23-19-12-8-7-11-18(19)21(25)22-16(3)17-9-5-4-6-10-17/h4-12,15-16H,13-14H2,1-3H3,(H,22,25)(H,23,24). The van der Waals surface area contributed by atoms with Crippen molar-refractivity contribution in [3.63, 3.8) is 0 Å². The fraction of sp³-hybridized carbons (Fsp3) is 0.333. The third kappa shape index (κ3) is 5.75. The van der Waals surface area contributed by atoms with Gasteiger partial charge in [-0.2, -0.15) is 0 Å². The Balaban J connectivity index is 2.06. The smallest absolute Gasteiger partial charge is 0.253 e. The molecule has 2 aromatic carbocycles. The second kappa shape index (κ2) is 9.02. The molecule has 2 aromatic rings. The maximum absolute atomic E-state index is 12.6. The van der Waals surface area contributed by atoms with Crippen LogP contribution in [0.5, 0.6) is 0 Å². The van der Waals surface area contributed by atoms with Crippen molar-refractivity contribution in [2.45, 2.75) is 39.7 Å². The number of rotatable bonds is 7. The molecule has 0 spiro atoms. The molecule has 0 aliphatic rings. The summed E-state index contributed by atoms with van der Waals surface area (Å²) in [6.45, 7) is 6.11. The second-order valence-corrected chi connectivity index (χ2v) is 6.63. The highest BCUT2D eigenvalue weighted by Gasteiger charge is 2.16. The normalized spacial score (nSPS) is 11.8. The van der Waals surface area contributed by atoms with Gasteiger partial charge >= 0.3 is 0 Å². The first kappa shape index (κ1) is 18.7. The van der Waals surface area contributed by atoms with Gasteiger partial charge in [0.05, 0.1) is 17.3 Å². The van der Waals surface area contributed by atoms with E-state index in [0.717, 1.165) is 12.0 Å². The maximum Gasteiger partial charge on any atom is 0.253 e. The zero-order chi connectivity index (χ0) is 18.2. The number of para-hydroxylation sites is 1. The zero-order valence-electron chi connectivity index (χ0n) is 15.1. The lowest BCUT2D eigenvalue weighted by Gasteiger charge is -2.16. The lowest BCUT2D eigenvalue weighted by molar-refractivity contribution is -0.116. The largest absolute Gasteiger partial charge is 0.345 e. The number of hydrogen-bond acceptors (Lipinski definition) is 2. The summed E-state index contributed by atoms with van der Waals surface area (Å²) in [4.78, 5) is 24.7. The molecule has 0 bridgehead atoms. The van der Waals surface area contributed by atoms with Gasteiger partial charge < -0.3 is 10.6 Å². The molecule has 0 saturated carbocycles. The van der Waals surface area contributed by atoms with Crippen LogP contribution in [0.25, 0.3) is 0 Å². The van der Waals surface area contributed by atoms with Crippen LogP contribution in [-0.2, 0) is 4.79 Å². The maximum atomic E-state index is 12.6. The quantitative estimate of drug-likeness (QED) is 0.778. The van der Waals surface area contributed by atoms with Crippen molar-refractivity contribution in [1.82, 2.24) is 5.32 Å². The number of hydrogen-bond donors (Lipinski definition) is 2. The Kier molecular flexibility index (Phi) is 6.75. The van der Waals surface area contributed by atoms with E-state index in [1.807, 2.05) is 43.3 Å². The van der Waals surface area contributed by atoms with Crippen LogP contribution in [0.1, 0.15) is 55.6 Å². The molecule has 0 radical (unpaired) electrons. The summed E-state index contributed by atoms with van der Waals surface area (Å²) in [5.74, 6) is 0.206. The van der Waals surface area contributed by atoms with Gasteiger partial charge in [0.15, 0.2) is 0 Å². The predicted octanol–water partition coefficient (Wildman–Crippen LogP) is 4.55. The molecule has 0 aromatic heterocycles. The average molecular weight is 338 g/mol.